The number of aliphatic imine (C=N–C) groups is 1. The highest BCUT2D eigenvalue weighted by Gasteiger charge is 2.24. The highest BCUT2D eigenvalue weighted by Crippen LogP contribution is 2.15. The van der Waals surface area contributed by atoms with E-state index in [1.165, 1.54) is 16.7 Å². The van der Waals surface area contributed by atoms with E-state index in [0.717, 1.165) is 0 Å². The zero-order chi connectivity index (χ0) is 8.43. The topological polar surface area (TPSA) is 58.7 Å². The summed E-state index contributed by atoms with van der Waals surface area (Å²) in [5.74, 6) is 0.709. The highest BCUT2D eigenvalue weighted by atomic mass is 32.2. The van der Waals surface area contributed by atoms with Crippen molar-refractivity contribution in [1.82, 2.24) is 4.90 Å². The van der Waals surface area contributed by atoms with Crippen LogP contribution >= 0.6 is 11.8 Å². The molecule has 1 aliphatic heterocycles. The molecule has 1 unspecified atom stereocenters. The number of carbonyl (C=O) groups excluding carboxylic acids is 1. The molecule has 0 saturated carbocycles. The summed E-state index contributed by atoms with van der Waals surface area (Å²) in [6.45, 7) is 0. The Morgan fingerprint density at radius 3 is 2.82 bits per heavy atom. The van der Waals surface area contributed by atoms with Gasteiger partial charge in [0.05, 0.1) is 0 Å². The van der Waals surface area contributed by atoms with Crippen LogP contribution in [0.15, 0.2) is 4.99 Å². The SMILES string of the molecule is CN(C)C(=O)C1CSC(N)=N1. The fraction of sp³-hybridized carbons (Fsp3) is 0.667. The van der Waals surface area contributed by atoms with E-state index in [2.05, 4.69) is 4.99 Å². The Balaban J connectivity index is 2.57. The first-order valence-corrected chi connectivity index (χ1v) is 4.27. The van der Waals surface area contributed by atoms with Crippen molar-refractivity contribution < 1.29 is 4.79 Å². The predicted molar refractivity (Wildman–Crippen MR) is 46.6 cm³/mol. The minimum absolute atomic E-state index is 0.0259. The van der Waals surface area contributed by atoms with E-state index in [9.17, 15) is 4.79 Å². The molecule has 4 nitrogen and oxygen atoms in total. The van der Waals surface area contributed by atoms with Crippen molar-refractivity contribution in [2.24, 2.45) is 10.7 Å². The van der Waals surface area contributed by atoms with E-state index in [1.54, 1.807) is 14.1 Å². The Labute approximate surface area is 69.8 Å². The molecule has 0 aromatic rings. The standard InChI is InChI=1S/C6H11N3OS/c1-9(2)5(10)4-3-11-6(7)8-4/h4H,3H2,1-2H3,(H2,7,8). The predicted octanol–water partition coefficient (Wildman–Crippen LogP) is -0.495. The van der Waals surface area contributed by atoms with E-state index in [1.807, 2.05) is 0 Å². The number of rotatable bonds is 1. The van der Waals surface area contributed by atoms with Crippen molar-refractivity contribution in [2.45, 2.75) is 6.04 Å². The molecule has 0 bridgehead atoms. The van der Waals surface area contributed by atoms with Crippen molar-refractivity contribution in [3.63, 3.8) is 0 Å². The molecule has 62 valence electrons. The Hall–Kier alpha value is -0.710. The van der Waals surface area contributed by atoms with Crippen LogP contribution in [0.25, 0.3) is 0 Å². The molecular weight excluding hydrogens is 162 g/mol. The lowest BCUT2D eigenvalue weighted by atomic mass is 10.3. The van der Waals surface area contributed by atoms with Gasteiger partial charge in [0.25, 0.3) is 0 Å². The lowest BCUT2D eigenvalue weighted by molar-refractivity contribution is -0.129. The van der Waals surface area contributed by atoms with Gasteiger partial charge in [-0.1, -0.05) is 11.8 Å². The van der Waals surface area contributed by atoms with Gasteiger partial charge >= 0.3 is 0 Å². The Morgan fingerprint density at radius 2 is 2.45 bits per heavy atom. The molecule has 1 atom stereocenters. The highest BCUT2D eigenvalue weighted by molar-refractivity contribution is 8.14. The number of nitrogens with zero attached hydrogens (tertiary/aromatic N) is 2. The number of thioether (sulfide) groups is 1. The number of hydrogen-bond donors (Lipinski definition) is 1. The third-order valence-corrected chi connectivity index (χ3v) is 2.28. The van der Waals surface area contributed by atoms with Gasteiger partial charge in [-0.25, -0.2) is 4.99 Å². The summed E-state index contributed by atoms with van der Waals surface area (Å²) in [7, 11) is 3.44. The molecule has 0 aromatic carbocycles. The van der Waals surface area contributed by atoms with Crippen molar-refractivity contribution in [2.75, 3.05) is 19.8 Å². The second-order valence-electron chi connectivity index (χ2n) is 2.53. The fourth-order valence-corrected chi connectivity index (χ4v) is 1.56. The number of hydrogen-bond acceptors (Lipinski definition) is 4. The van der Waals surface area contributed by atoms with Crippen LogP contribution in [0.1, 0.15) is 0 Å². The minimum atomic E-state index is -0.255. The first kappa shape index (κ1) is 8.39. The molecule has 1 rings (SSSR count). The largest absolute Gasteiger partial charge is 0.379 e. The summed E-state index contributed by atoms with van der Waals surface area (Å²) < 4.78 is 0. The van der Waals surface area contributed by atoms with Gasteiger partial charge in [0.15, 0.2) is 5.17 Å². The van der Waals surface area contributed by atoms with Gasteiger partial charge in [-0.2, -0.15) is 0 Å². The smallest absolute Gasteiger partial charge is 0.247 e. The molecule has 0 aliphatic carbocycles. The third-order valence-electron chi connectivity index (χ3n) is 1.40. The summed E-state index contributed by atoms with van der Waals surface area (Å²) in [4.78, 5) is 16.8. The zero-order valence-corrected chi connectivity index (χ0v) is 7.39. The molecule has 11 heavy (non-hydrogen) atoms. The van der Waals surface area contributed by atoms with Crippen LogP contribution < -0.4 is 5.73 Å². The van der Waals surface area contributed by atoms with Crippen molar-refractivity contribution in [1.29, 1.82) is 0 Å². The quantitative estimate of drug-likeness (QED) is 0.582. The van der Waals surface area contributed by atoms with Gasteiger partial charge < -0.3 is 10.6 Å². The molecule has 1 amide bonds. The second kappa shape index (κ2) is 3.13. The zero-order valence-electron chi connectivity index (χ0n) is 6.57. The van der Waals surface area contributed by atoms with Crippen LogP contribution in [0.3, 0.4) is 0 Å². The monoisotopic (exact) mass is 173 g/mol. The lowest BCUT2D eigenvalue weighted by Crippen LogP contribution is -2.32. The maximum absolute atomic E-state index is 11.2. The summed E-state index contributed by atoms with van der Waals surface area (Å²) in [5.41, 5.74) is 5.41. The van der Waals surface area contributed by atoms with Gasteiger partial charge in [0.2, 0.25) is 5.91 Å². The number of likely N-dealkylation sites (N-methyl/N-ethyl adjacent to an activating group) is 1. The van der Waals surface area contributed by atoms with Gasteiger partial charge in [-0.3, -0.25) is 4.79 Å². The Morgan fingerprint density at radius 1 is 1.82 bits per heavy atom. The Bertz CT molecular complexity index is 202. The second-order valence-corrected chi connectivity index (χ2v) is 3.57. The van der Waals surface area contributed by atoms with Gasteiger partial charge in [-0.05, 0) is 0 Å². The molecule has 0 fully saturated rings. The van der Waals surface area contributed by atoms with Crippen molar-refractivity contribution in [3.8, 4) is 0 Å². The molecule has 5 heteroatoms. The Kier molecular flexibility index (Phi) is 2.38. The maximum atomic E-state index is 11.2. The van der Waals surface area contributed by atoms with Gasteiger partial charge in [0, 0.05) is 19.8 Å². The van der Waals surface area contributed by atoms with E-state index < -0.39 is 0 Å². The molecule has 0 aromatic heterocycles. The average molecular weight is 173 g/mol. The molecule has 0 saturated heterocycles. The van der Waals surface area contributed by atoms with Crippen LogP contribution in [0, 0.1) is 0 Å². The van der Waals surface area contributed by atoms with Crippen LogP contribution in [0.2, 0.25) is 0 Å². The lowest BCUT2D eigenvalue weighted by Gasteiger charge is -2.12. The molecule has 2 N–H and O–H groups in total. The number of amidine groups is 1. The first-order chi connectivity index (χ1) is 5.11. The summed E-state index contributed by atoms with van der Waals surface area (Å²) >= 11 is 1.43. The fourth-order valence-electron chi connectivity index (χ4n) is 0.817. The number of amides is 1. The molecular formula is C6H11N3OS. The van der Waals surface area contributed by atoms with Crippen LogP contribution in [-0.2, 0) is 4.79 Å². The molecule has 1 heterocycles. The van der Waals surface area contributed by atoms with Crippen LogP contribution in [0.5, 0.6) is 0 Å². The van der Waals surface area contributed by atoms with Crippen molar-refractivity contribution >= 4 is 22.8 Å². The van der Waals surface area contributed by atoms with E-state index in [0.29, 0.717) is 10.9 Å². The summed E-state index contributed by atoms with van der Waals surface area (Å²) in [6, 6.07) is -0.255. The third kappa shape index (κ3) is 1.86. The number of nitrogens with two attached hydrogens (primary N) is 1. The minimum Gasteiger partial charge on any atom is -0.379 e. The number of carbonyl (C=O) groups is 1. The molecule has 0 radical (unpaired) electrons. The van der Waals surface area contributed by atoms with Crippen LogP contribution in [-0.4, -0.2) is 41.9 Å². The van der Waals surface area contributed by atoms with Crippen molar-refractivity contribution in [3.05, 3.63) is 0 Å². The van der Waals surface area contributed by atoms with Gasteiger partial charge in [0.1, 0.15) is 6.04 Å². The summed E-state index contributed by atoms with van der Waals surface area (Å²) in [6.07, 6.45) is 0. The normalized spacial score (nSPS) is 23.1. The van der Waals surface area contributed by atoms with Crippen LogP contribution in [0.4, 0.5) is 0 Å². The summed E-state index contributed by atoms with van der Waals surface area (Å²) in [5, 5.41) is 0.519. The van der Waals surface area contributed by atoms with E-state index in [-0.39, 0.29) is 11.9 Å². The van der Waals surface area contributed by atoms with E-state index >= 15 is 0 Å². The maximum Gasteiger partial charge on any atom is 0.247 e. The first-order valence-electron chi connectivity index (χ1n) is 3.28. The molecule has 0 spiro atoms. The van der Waals surface area contributed by atoms with E-state index in [4.69, 9.17) is 5.73 Å². The van der Waals surface area contributed by atoms with Gasteiger partial charge in [-0.15, -0.1) is 0 Å². The average Bonchev–Trinajstić information content (AvgIpc) is 2.34. The molecule has 1 aliphatic rings.